The Hall–Kier alpha value is -3.85. The smallest absolute Gasteiger partial charge is 0.437 e. The average molecular weight is 380 g/mol. The van der Waals surface area contributed by atoms with Crippen molar-refractivity contribution in [2.24, 2.45) is 5.84 Å². The highest BCUT2D eigenvalue weighted by Gasteiger charge is 2.24. The van der Waals surface area contributed by atoms with Crippen LogP contribution in [-0.2, 0) is 4.74 Å². The molecule has 3 amide bonds. The van der Waals surface area contributed by atoms with Gasteiger partial charge in [-0.25, -0.2) is 20.1 Å². The van der Waals surface area contributed by atoms with Gasteiger partial charge in [-0.3, -0.25) is 10.9 Å². The number of carbonyl (C=O) groups excluding carboxylic acids is 2. The lowest BCUT2D eigenvalue weighted by Gasteiger charge is -2.21. The van der Waals surface area contributed by atoms with Gasteiger partial charge in [0.2, 0.25) is 0 Å². The van der Waals surface area contributed by atoms with Crippen molar-refractivity contribution in [1.29, 1.82) is 0 Å². The van der Waals surface area contributed by atoms with Crippen LogP contribution in [0, 0.1) is 0 Å². The lowest BCUT2D eigenvalue weighted by Crippen LogP contribution is -2.50. The van der Waals surface area contributed by atoms with E-state index in [2.05, 4.69) is 10.5 Å². The van der Waals surface area contributed by atoms with Crippen molar-refractivity contribution in [2.75, 3.05) is 12.0 Å². The number of ether oxygens (including phenoxy) is 1. The van der Waals surface area contributed by atoms with Crippen LogP contribution in [0.5, 0.6) is 0 Å². The van der Waals surface area contributed by atoms with Crippen LogP contribution in [0.25, 0.3) is 16.9 Å². The fourth-order valence-corrected chi connectivity index (χ4v) is 2.52. The SMILES string of the molecule is CCOC(=O)N(Nc1cc(-c2ccccc2)nn1-c1ccccc1)C(=O)NN. The number of anilines is 1. The second-order valence-electron chi connectivity index (χ2n) is 5.62. The van der Waals surface area contributed by atoms with Crippen molar-refractivity contribution in [3.8, 4) is 16.9 Å². The third-order valence-corrected chi connectivity index (χ3v) is 3.78. The van der Waals surface area contributed by atoms with Crippen LogP contribution in [0.1, 0.15) is 6.92 Å². The van der Waals surface area contributed by atoms with E-state index in [1.54, 1.807) is 17.7 Å². The molecule has 9 heteroatoms. The summed E-state index contributed by atoms with van der Waals surface area (Å²) in [6.45, 7) is 1.74. The molecule has 0 saturated carbocycles. The van der Waals surface area contributed by atoms with Gasteiger partial charge in [-0.05, 0) is 19.1 Å². The van der Waals surface area contributed by atoms with E-state index in [-0.39, 0.29) is 6.61 Å². The number of nitrogens with zero attached hydrogens (tertiary/aromatic N) is 3. The van der Waals surface area contributed by atoms with Crippen molar-refractivity contribution < 1.29 is 14.3 Å². The number of imide groups is 1. The summed E-state index contributed by atoms with van der Waals surface area (Å²) in [6, 6.07) is 19.7. The number of carbonyl (C=O) groups is 2. The maximum Gasteiger partial charge on any atom is 0.437 e. The fraction of sp³-hybridized carbons (Fsp3) is 0.105. The summed E-state index contributed by atoms with van der Waals surface area (Å²) >= 11 is 0. The maximum atomic E-state index is 12.2. The summed E-state index contributed by atoms with van der Waals surface area (Å²) in [5.74, 6) is 5.57. The predicted octanol–water partition coefficient (Wildman–Crippen LogP) is 2.91. The molecule has 0 saturated heterocycles. The van der Waals surface area contributed by atoms with Crippen LogP contribution in [0.15, 0.2) is 66.7 Å². The molecule has 0 spiro atoms. The molecule has 0 fully saturated rings. The summed E-state index contributed by atoms with van der Waals surface area (Å²) in [4.78, 5) is 24.2. The number of hydrazine groups is 2. The number of para-hydroxylation sites is 1. The second-order valence-corrected chi connectivity index (χ2v) is 5.62. The normalized spacial score (nSPS) is 10.2. The first-order valence-electron chi connectivity index (χ1n) is 8.59. The molecule has 0 atom stereocenters. The van der Waals surface area contributed by atoms with Crippen molar-refractivity contribution in [3.05, 3.63) is 66.7 Å². The molecule has 3 rings (SSSR count). The predicted molar refractivity (Wildman–Crippen MR) is 104 cm³/mol. The molecule has 0 aliphatic carbocycles. The van der Waals surface area contributed by atoms with Gasteiger partial charge in [0.25, 0.3) is 0 Å². The Morgan fingerprint density at radius 2 is 1.75 bits per heavy atom. The highest BCUT2D eigenvalue weighted by atomic mass is 16.6. The number of hydrogen-bond donors (Lipinski definition) is 3. The lowest BCUT2D eigenvalue weighted by molar-refractivity contribution is 0.121. The van der Waals surface area contributed by atoms with Gasteiger partial charge < -0.3 is 4.74 Å². The highest BCUT2D eigenvalue weighted by molar-refractivity contribution is 5.92. The summed E-state index contributed by atoms with van der Waals surface area (Å²) in [7, 11) is 0. The molecule has 1 heterocycles. The highest BCUT2D eigenvalue weighted by Crippen LogP contribution is 2.25. The standard InChI is InChI=1S/C19H20N6O3/c1-2-28-19(27)25(18(26)21-20)23-17-13-16(14-9-5-3-6-10-14)22-24(17)15-11-7-4-8-12-15/h3-13,23H,2,20H2,1H3,(H,21,26). The number of amides is 3. The van der Waals surface area contributed by atoms with Crippen LogP contribution in [-0.4, -0.2) is 33.5 Å². The topological polar surface area (TPSA) is 115 Å². The molecule has 0 bridgehead atoms. The molecule has 144 valence electrons. The molecule has 9 nitrogen and oxygen atoms in total. The van der Waals surface area contributed by atoms with E-state index in [9.17, 15) is 9.59 Å². The molecule has 0 aliphatic rings. The Balaban J connectivity index is 2.03. The zero-order valence-corrected chi connectivity index (χ0v) is 15.2. The summed E-state index contributed by atoms with van der Waals surface area (Å²) in [6.07, 6.45) is -0.896. The summed E-state index contributed by atoms with van der Waals surface area (Å²) in [5.41, 5.74) is 6.93. The first kappa shape index (κ1) is 18.9. The first-order valence-corrected chi connectivity index (χ1v) is 8.59. The van der Waals surface area contributed by atoms with Gasteiger partial charge in [0.15, 0.2) is 0 Å². The Kier molecular flexibility index (Phi) is 5.87. The van der Waals surface area contributed by atoms with Crippen molar-refractivity contribution in [2.45, 2.75) is 6.92 Å². The molecule has 0 unspecified atom stereocenters. The Bertz CT molecular complexity index is 943. The number of hydrogen-bond acceptors (Lipinski definition) is 6. The zero-order valence-electron chi connectivity index (χ0n) is 15.2. The van der Waals surface area contributed by atoms with Gasteiger partial charge >= 0.3 is 12.1 Å². The van der Waals surface area contributed by atoms with E-state index in [0.717, 1.165) is 11.3 Å². The number of rotatable bonds is 5. The van der Waals surface area contributed by atoms with E-state index in [4.69, 9.17) is 10.6 Å². The van der Waals surface area contributed by atoms with E-state index in [1.807, 2.05) is 66.1 Å². The van der Waals surface area contributed by atoms with Crippen LogP contribution < -0.4 is 16.7 Å². The Morgan fingerprint density at radius 1 is 1.11 bits per heavy atom. The Morgan fingerprint density at radius 3 is 2.36 bits per heavy atom. The van der Waals surface area contributed by atoms with Gasteiger partial charge in [0.1, 0.15) is 5.82 Å². The Labute approximate surface area is 161 Å². The van der Waals surface area contributed by atoms with Crippen LogP contribution in [0.4, 0.5) is 15.4 Å². The van der Waals surface area contributed by atoms with Crippen LogP contribution >= 0.6 is 0 Å². The number of nitrogens with one attached hydrogen (secondary N) is 2. The second kappa shape index (κ2) is 8.69. The first-order chi connectivity index (χ1) is 13.6. The molecule has 3 aromatic rings. The minimum Gasteiger partial charge on any atom is -0.448 e. The molecule has 28 heavy (non-hydrogen) atoms. The number of nitrogens with two attached hydrogens (primary N) is 1. The van der Waals surface area contributed by atoms with Gasteiger partial charge in [0, 0.05) is 11.6 Å². The average Bonchev–Trinajstić information content (AvgIpc) is 3.17. The molecular formula is C19H20N6O3. The third-order valence-electron chi connectivity index (χ3n) is 3.78. The minimum absolute atomic E-state index is 0.0993. The third kappa shape index (κ3) is 4.10. The van der Waals surface area contributed by atoms with Crippen LogP contribution in [0.2, 0.25) is 0 Å². The van der Waals surface area contributed by atoms with Crippen molar-refractivity contribution in [3.63, 3.8) is 0 Å². The molecule has 4 N–H and O–H groups in total. The number of aromatic nitrogens is 2. The molecule has 2 aromatic carbocycles. The van der Waals surface area contributed by atoms with E-state index in [0.29, 0.717) is 16.5 Å². The summed E-state index contributed by atoms with van der Waals surface area (Å²) in [5, 5.41) is 5.25. The molecule has 0 aliphatic heterocycles. The van der Waals surface area contributed by atoms with Gasteiger partial charge in [0.05, 0.1) is 18.0 Å². The van der Waals surface area contributed by atoms with E-state index >= 15 is 0 Å². The quantitative estimate of drug-likeness (QED) is 0.356. The lowest BCUT2D eigenvalue weighted by atomic mass is 10.2. The molecule has 0 radical (unpaired) electrons. The van der Waals surface area contributed by atoms with Gasteiger partial charge in [-0.2, -0.15) is 5.10 Å². The van der Waals surface area contributed by atoms with E-state index < -0.39 is 12.1 Å². The van der Waals surface area contributed by atoms with Gasteiger partial charge in [-0.15, -0.1) is 5.01 Å². The largest absolute Gasteiger partial charge is 0.448 e. The van der Waals surface area contributed by atoms with E-state index in [1.165, 1.54) is 0 Å². The number of benzene rings is 2. The zero-order chi connectivity index (χ0) is 19.9. The van der Waals surface area contributed by atoms with Crippen molar-refractivity contribution >= 4 is 17.9 Å². The number of urea groups is 1. The monoisotopic (exact) mass is 380 g/mol. The maximum absolute atomic E-state index is 12.2. The van der Waals surface area contributed by atoms with Gasteiger partial charge in [-0.1, -0.05) is 48.5 Å². The van der Waals surface area contributed by atoms with Crippen LogP contribution in [0.3, 0.4) is 0 Å². The molecule has 1 aromatic heterocycles. The summed E-state index contributed by atoms with van der Waals surface area (Å²) < 4.78 is 6.50. The minimum atomic E-state index is -0.896. The van der Waals surface area contributed by atoms with Crippen molar-refractivity contribution in [1.82, 2.24) is 20.2 Å². The fourth-order valence-electron chi connectivity index (χ4n) is 2.52. The molecular weight excluding hydrogens is 360 g/mol.